The number of halogens is 3. The van der Waals surface area contributed by atoms with E-state index >= 15 is 0 Å². The summed E-state index contributed by atoms with van der Waals surface area (Å²) in [5.74, 6) is -2.00. The van der Waals surface area contributed by atoms with Gasteiger partial charge in [0.25, 0.3) is 0 Å². The van der Waals surface area contributed by atoms with Crippen LogP contribution in [0, 0.1) is 23.4 Å². The molecule has 3 heteroatoms. The van der Waals surface area contributed by atoms with Crippen LogP contribution in [-0.4, -0.2) is 0 Å². The molecule has 0 aromatic heterocycles. The summed E-state index contributed by atoms with van der Waals surface area (Å²) in [5.41, 5.74) is 4.26. The van der Waals surface area contributed by atoms with Crippen LogP contribution in [-0.2, 0) is 6.42 Å². The van der Waals surface area contributed by atoms with Gasteiger partial charge in [0, 0.05) is 0 Å². The van der Waals surface area contributed by atoms with E-state index in [2.05, 4.69) is 31.2 Å². The smallest absolute Gasteiger partial charge is 0.194 e. The normalized spacial score (nSPS) is 22.3. The Balaban J connectivity index is 1.55. The van der Waals surface area contributed by atoms with Crippen molar-refractivity contribution < 1.29 is 13.2 Å². The van der Waals surface area contributed by atoms with Gasteiger partial charge in [-0.05, 0) is 84.3 Å². The molecule has 2 aliphatic rings. The summed E-state index contributed by atoms with van der Waals surface area (Å²) < 4.78 is 40.9. The van der Waals surface area contributed by atoms with Crippen LogP contribution >= 0.6 is 0 Å². The zero-order chi connectivity index (χ0) is 19.0. The first-order valence-electron chi connectivity index (χ1n) is 10.0. The van der Waals surface area contributed by atoms with Gasteiger partial charge in [0.15, 0.2) is 17.5 Å². The van der Waals surface area contributed by atoms with E-state index in [0.717, 1.165) is 23.1 Å². The first kappa shape index (κ1) is 18.3. The molecular weight excluding hydrogens is 345 g/mol. The van der Waals surface area contributed by atoms with E-state index in [0.29, 0.717) is 24.3 Å². The highest BCUT2D eigenvalue weighted by molar-refractivity contribution is 5.84. The summed E-state index contributed by atoms with van der Waals surface area (Å²) in [6, 6.07) is 9.75. The Kier molecular flexibility index (Phi) is 5.12. The molecule has 2 aromatic carbocycles. The van der Waals surface area contributed by atoms with Crippen LogP contribution in [0.15, 0.2) is 30.3 Å². The van der Waals surface area contributed by atoms with Gasteiger partial charge in [0.2, 0.25) is 0 Å². The third kappa shape index (κ3) is 3.56. The van der Waals surface area contributed by atoms with E-state index < -0.39 is 17.5 Å². The molecule has 27 heavy (non-hydrogen) atoms. The van der Waals surface area contributed by atoms with Crippen molar-refractivity contribution in [1.82, 2.24) is 0 Å². The van der Waals surface area contributed by atoms with Crippen molar-refractivity contribution in [3.05, 3.63) is 70.0 Å². The zero-order valence-corrected chi connectivity index (χ0v) is 15.7. The molecule has 2 aliphatic carbocycles. The molecule has 0 nitrogen and oxygen atoms in total. The fraction of sp³-hybridized carbons (Fsp3) is 0.417. The van der Waals surface area contributed by atoms with Crippen molar-refractivity contribution in [3.8, 4) is 0 Å². The van der Waals surface area contributed by atoms with Crippen molar-refractivity contribution >= 4 is 11.6 Å². The molecule has 1 fully saturated rings. The van der Waals surface area contributed by atoms with Crippen molar-refractivity contribution in [3.63, 3.8) is 0 Å². The standard InChI is InChI=1S/C24H25F3/c1-2-15-3-5-16(6-4-15)17-7-9-18(10-8-17)19-11-12-21-20(13-19)14-22(25)24(27)23(21)26/h7-10,13-16H,2-6,11-12H2,1H3. The number of rotatable bonds is 3. The minimum absolute atomic E-state index is 0.280. The SMILES string of the molecule is CCC1CCC(c2ccc(C3=Cc4cc(F)c(F)c(F)c4CC3)cc2)CC1. The molecule has 142 valence electrons. The second kappa shape index (κ2) is 7.53. The molecule has 0 bridgehead atoms. The molecular formula is C24H25F3. The highest BCUT2D eigenvalue weighted by Gasteiger charge is 2.23. The average Bonchev–Trinajstić information content (AvgIpc) is 2.72. The summed E-state index contributed by atoms with van der Waals surface area (Å²) in [6.45, 7) is 2.28. The Morgan fingerprint density at radius 3 is 2.26 bits per heavy atom. The van der Waals surface area contributed by atoms with E-state index in [1.807, 2.05) is 0 Å². The predicted octanol–water partition coefficient (Wildman–Crippen LogP) is 7.27. The molecule has 0 saturated heterocycles. The van der Waals surface area contributed by atoms with Gasteiger partial charge >= 0.3 is 0 Å². The molecule has 0 spiro atoms. The van der Waals surface area contributed by atoms with Gasteiger partial charge in [0.05, 0.1) is 0 Å². The number of allylic oxidation sites excluding steroid dienone is 1. The fourth-order valence-corrected chi connectivity index (χ4v) is 4.65. The van der Waals surface area contributed by atoms with Gasteiger partial charge in [0.1, 0.15) is 0 Å². The van der Waals surface area contributed by atoms with E-state index in [1.165, 1.54) is 37.7 Å². The highest BCUT2D eigenvalue weighted by atomic mass is 19.2. The highest BCUT2D eigenvalue weighted by Crippen LogP contribution is 2.38. The lowest BCUT2D eigenvalue weighted by Gasteiger charge is -2.28. The summed E-state index contributed by atoms with van der Waals surface area (Å²) in [6.07, 6.45) is 9.27. The Hall–Kier alpha value is -2.03. The van der Waals surface area contributed by atoms with Crippen molar-refractivity contribution in [2.24, 2.45) is 5.92 Å². The minimum atomic E-state index is -1.37. The second-order valence-electron chi connectivity index (χ2n) is 7.97. The Morgan fingerprint density at radius 2 is 1.59 bits per heavy atom. The molecule has 1 saturated carbocycles. The first-order chi connectivity index (χ1) is 13.1. The number of benzene rings is 2. The number of fused-ring (bicyclic) bond motifs is 1. The molecule has 0 atom stereocenters. The first-order valence-corrected chi connectivity index (χ1v) is 10.0. The van der Waals surface area contributed by atoms with Crippen molar-refractivity contribution in [2.75, 3.05) is 0 Å². The number of hydrogen-bond acceptors (Lipinski definition) is 0. The maximum atomic E-state index is 13.9. The van der Waals surface area contributed by atoms with Gasteiger partial charge < -0.3 is 0 Å². The lowest BCUT2D eigenvalue weighted by atomic mass is 9.77. The summed E-state index contributed by atoms with van der Waals surface area (Å²) in [5, 5.41) is 0. The van der Waals surface area contributed by atoms with Crippen LogP contribution in [0.1, 0.15) is 73.6 Å². The van der Waals surface area contributed by atoms with Crippen LogP contribution in [0.4, 0.5) is 13.2 Å². The monoisotopic (exact) mass is 370 g/mol. The van der Waals surface area contributed by atoms with E-state index in [1.54, 1.807) is 6.08 Å². The largest absolute Gasteiger partial charge is 0.204 e. The van der Waals surface area contributed by atoms with E-state index in [-0.39, 0.29) is 5.56 Å². The van der Waals surface area contributed by atoms with E-state index in [4.69, 9.17) is 0 Å². The van der Waals surface area contributed by atoms with Crippen LogP contribution in [0.25, 0.3) is 11.6 Å². The van der Waals surface area contributed by atoms with Crippen LogP contribution in [0.3, 0.4) is 0 Å². The molecule has 0 aliphatic heterocycles. The third-order valence-corrected chi connectivity index (χ3v) is 6.45. The lowest BCUT2D eigenvalue weighted by molar-refractivity contribution is 0.319. The van der Waals surface area contributed by atoms with Crippen LogP contribution in [0.2, 0.25) is 0 Å². The Labute approximate surface area is 159 Å². The Bertz CT molecular complexity index is 856. The van der Waals surface area contributed by atoms with Gasteiger partial charge in [-0.2, -0.15) is 0 Å². The van der Waals surface area contributed by atoms with Gasteiger partial charge in [-0.25, -0.2) is 13.2 Å². The maximum Gasteiger partial charge on any atom is 0.194 e. The van der Waals surface area contributed by atoms with Crippen LogP contribution < -0.4 is 0 Å². The molecule has 4 rings (SSSR count). The van der Waals surface area contributed by atoms with Gasteiger partial charge in [-0.15, -0.1) is 0 Å². The van der Waals surface area contributed by atoms with Gasteiger partial charge in [-0.1, -0.05) is 43.7 Å². The minimum Gasteiger partial charge on any atom is -0.204 e. The molecule has 0 unspecified atom stereocenters. The molecule has 0 N–H and O–H groups in total. The van der Waals surface area contributed by atoms with Gasteiger partial charge in [-0.3, -0.25) is 0 Å². The third-order valence-electron chi connectivity index (χ3n) is 6.45. The maximum absolute atomic E-state index is 13.9. The molecule has 0 amide bonds. The molecule has 2 aromatic rings. The zero-order valence-electron chi connectivity index (χ0n) is 15.7. The quantitative estimate of drug-likeness (QED) is 0.498. The predicted molar refractivity (Wildman–Crippen MR) is 104 cm³/mol. The van der Waals surface area contributed by atoms with Crippen molar-refractivity contribution in [2.45, 2.75) is 57.8 Å². The second-order valence-corrected chi connectivity index (χ2v) is 7.97. The fourth-order valence-electron chi connectivity index (χ4n) is 4.65. The number of hydrogen-bond donors (Lipinski definition) is 0. The molecule has 0 radical (unpaired) electrons. The van der Waals surface area contributed by atoms with E-state index in [9.17, 15) is 13.2 Å². The topological polar surface area (TPSA) is 0 Å². The summed E-state index contributed by atoms with van der Waals surface area (Å²) in [7, 11) is 0. The lowest BCUT2D eigenvalue weighted by Crippen LogP contribution is -2.12. The van der Waals surface area contributed by atoms with Crippen LogP contribution in [0.5, 0.6) is 0 Å². The van der Waals surface area contributed by atoms with Crippen molar-refractivity contribution in [1.29, 1.82) is 0 Å². The summed E-state index contributed by atoms with van der Waals surface area (Å²) >= 11 is 0. The summed E-state index contributed by atoms with van der Waals surface area (Å²) in [4.78, 5) is 0. The molecule has 0 heterocycles. The Morgan fingerprint density at radius 1 is 0.889 bits per heavy atom. The average molecular weight is 370 g/mol.